The fraction of sp³-hybridized carbons (Fsp3) is 0.667. The van der Waals surface area contributed by atoms with Crippen molar-refractivity contribution in [3.05, 3.63) is 18.1 Å². The Morgan fingerprint density at radius 3 is 2.76 bits per heavy atom. The monoisotopic (exact) mass is 238 g/mol. The van der Waals surface area contributed by atoms with E-state index in [4.69, 9.17) is 4.74 Å². The van der Waals surface area contributed by atoms with E-state index in [1.807, 2.05) is 19.4 Å². The first kappa shape index (κ1) is 13.9. The van der Waals surface area contributed by atoms with Crippen LogP contribution in [0.5, 0.6) is 0 Å². The molecule has 0 spiro atoms. The molecule has 5 nitrogen and oxygen atoms in total. The first-order valence-corrected chi connectivity index (χ1v) is 5.99. The summed E-state index contributed by atoms with van der Waals surface area (Å²) in [5.41, 5.74) is 0.973. The van der Waals surface area contributed by atoms with Crippen LogP contribution in [0.2, 0.25) is 0 Å². The Labute approximate surface area is 103 Å². The second-order valence-electron chi connectivity index (χ2n) is 3.91. The van der Waals surface area contributed by atoms with Crippen molar-refractivity contribution in [2.24, 2.45) is 0 Å². The minimum absolute atomic E-state index is 0.774. The highest BCUT2D eigenvalue weighted by atomic mass is 16.5. The van der Waals surface area contributed by atoms with Gasteiger partial charge in [-0.25, -0.2) is 4.98 Å². The summed E-state index contributed by atoms with van der Waals surface area (Å²) in [6.45, 7) is 5.49. The van der Waals surface area contributed by atoms with Crippen LogP contribution in [0, 0.1) is 0 Å². The SMILES string of the molecule is CCNCc1cnc(N(C)CCCOC)cn1. The van der Waals surface area contributed by atoms with Crippen molar-refractivity contribution in [3.63, 3.8) is 0 Å². The Hall–Kier alpha value is -1.20. The van der Waals surface area contributed by atoms with Gasteiger partial charge in [0.15, 0.2) is 0 Å². The molecule has 1 rings (SSSR count). The standard InChI is InChI=1S/C12H22N4O/c1-4-13-8-11-9-15-12(10-14-11)16(2)6-5-7-17-3/h9-10,13H,4-8H2,1-3H3. The summed E-state index contributed by atoms with van der Waals surface area (Å²) in [6.07, 6.45) is 4.64. The molecule has 96 valence electrons. The molecule has 1 aromatic rings. The van der Waals surface area contributed by atoms with Gasteiger partial charge >= 0.3 is 0 Å². The van der Waals surface area contributed by atoms with Crippen molar-refractivity contribution in [3.8, 4) is 0 Å². The zero-order valence-electron chi connectivity index (χ0n) is 10.9. The Morgan fingerprint density at radius 1 is 1.35 bits per heavy atom. The van der Waals surface area contributed by atoms with Crippen molar-refractivity contribution >= 4 is 5.82 Å². The maximum absolute atomic E-state index is 5.02. The van der Waals surface area contributed by atoms with Gasteiger partial charge < -0.3 is 15.0 Å². The van der Waals surface area contributed by atoms with Crippen LogP contribution in [0.4, 0.5) is 5.82 Å². The van der Waals surface area contributed by atoms with Crippen LogP contribution in [-0.2, 0) is 11.3 Å². The second-order valence-corrected chi connectivity index (χ2v) is 3.91. The highest BCUT2D eigenvalue weighted by molar-refractivity contribution is 5.34. The molecule has 0 aliphatic rings. The van der Waals surface area contributed by atoms with Crippen LogP contribution >= 0.6 is 0 Å². The molecule has 0 aliphatic carbocycles. The van der Waals surface area contributed by atoms with Gasteiger partial charge in [-0.3, -0.25) is 4.98 Å². The third kappa shape index (κ3) is 5.10. The van der Waals surface area contributed by atoms with Crippen molar-refractivity contribution in [1.82, 2.24) is 15.3 Å². The second kappa shape index (κ2) is 7.97. The third-order valence-corrected chi connectivity index (χ3v) is 2.48. The van der Waals surface area contributed by atoms with Crippen LogP contribution in [0.3, 0.4) is 0 Å². The van der Waals surface area contributed by atoms with Gasteiger partial charge in [0.2, 0.25) is 0 Å². The summed E-state index contributed by atoms with van der Waals surface area (Å²) < 4.78 is 5.02. The molecular formula is C12H22N4O. The zero-order chi connectivity index (χ0) is 12.5. The van der Waals surface area contributed by atoms with E-state index in [0.717, 1.165) is 44.2 Å². The maximum Gasteiger partial charge on any atom is 0.146 e. The lowest BCUT2D eigenvalue weighted by molar-refractivity contribution is 0.196. The predicted octanol–water partition coefficient (Wildman–Crippen LogP) is 1.06. The molecule has 1 aromatic heterocycles. The molecule has 5 heteroatoms. The highest BCUT2D eigenvalue weighted by Crippen LogP contribution is 2.07. The number of aromatic nitrogens is 2. The van der Waals surface area contributed by atoms with Crippen LogP contribution < -0.4 is 10.2 Å². The van der Waals surface area contributed by atoms with Crippen LogP contribution in [0.1, 0.15) is 19.0 Å². The van der Waals surface area contributed by atoms with E-state index >= 15 is 0 Å². The van der Waals surface area contributed by atoms with Crippen molar-refractivity contribution in [1.29, 1.82) is 0 Å². The number of anilines is 1. The van der Waals surface area contributed by atoms with Gasteiger partial charge in [-0.05, 0) is 13.0 Å². The van der Waals surface area contributed by atoms with Gasteiger partial charge in [0.1, 0.15) is 5.82 Å². The quantitative estimate of drug-likeness (QED) is 0.686. The van der Waals surface area contributed by atoms with Crippen LogP contribution in [-0.4, -0.2) is 43.8 Å². The predicted molar refractivity (Wildman–Crippen MR) is 69.2 cm³/mol. The maximum atomic E-state index is 5.02. The van der Waals surface area contributed by atoms with Gasteiger partial charge in [0, 0.05) is 33.9 Å². The molecule has 0 unspecified atom stereocenters. The van der Waals surface area contributed by atoms with Gasteiger partial charge in [0.05, 0.1) is 18.1 Å². The smallest absolute Gasteiger partial charge is 0.146 e. The molecule has 0 radical (unpaired) electrons. The summed E-state index contributed by atoms with van der Waals surface area (Å²) >= 11 is 0. The summed E-state index contributed by atoms with van der Waals surface area (Å²) in [6, 6.07) is 0. The molecule has 0 fully saturated rings. The van der Waals surface area contributed by atoms with Crippen molar-refractivity contribution in [2.75, 3.05) is 38.8 Å². The molecular weight excluding hydrogens is 216 g/mol. The van der Waals surface area contributed by atoms with Gasteiger partial charge in [-0.2, -0.15) is 0 Å². The lowest BCUT2D eigenvalue weighted by Gasteiger charge is -2.17. The number of ether oxygens (including phenoxy) is 1. The first-order chi connectivity index (χ1) is 8.27. The van der Waals surface area contributed by atoms with Crippen LogP contribution in [0.25, 0.3) is 0 Å². The number of hydrogen-bond acceptors (Lipinski definition) is 5. The Kier molecular flexibility index (Phi) is 6.50. The molecule has 0 saturated carbocycles. The average Bonchev–Trinajstić information content (AvgIpc) is 2.37. The van der Waals surface area contributed by atoms with E-state index in [1.165, 1.54) is 0 Å². The van der Waals surface area contributed by atoms with Gasteiger partial charge in [-0.15, -0.1) is 0 Å². The molecule has 0 atom stereocenters. The largest absolute Gasteiger partial charge is 0.385 e. The number of nitrogens with one attached hydrogen (secondary N) is 1. The van der Waals surface area contributed by atoms with Crippen molar-refractivity contribution < 1.29 is 4.74 Å². The highest BCUT2D eigenvalue weighted by Gasteiger charge is 2.02. The summed E-state index contributed by atoms with van der Waals surface area (Å²) in [5, 5.41) is 3.22. The molecule has 0 amide bonds. The summed E-state index contributed by atoms with van der Waals surface area (Å²) in [7, 11) is 3.74. The lowest BCUT2D eigenvalue weighted by Crippen LogP contribution is -2.21. The van der Waals surface area contributed by atoms with Crippen molar-refractivity contribution in [2.45, 2.75) is 19.9 Å². The molecule has 0 bridgehead atoms. The molecule has 0 saturated heterocycles. The first-order valence-electron chi connectivity index (χ1n) is 5.99. The van der Waals surface area contributed by atoms with E-state index < -0.39 is 0 Å². The Balaban J connectivity index is 2.43. The van der Waals surface area contributed by atoms with Gasteiger partial charge in [-0.1, -0.05) is 6.92 Å². The topological polar surface area (TPSA) is 50.3 Å². The lowest BCUT2D eigenvalue weighted by atomic mass is 10.4. The minimum atomic E-state index is 0.774. The Morgan fingerprint density at radius 2 is 2.18 bits per heavy atom. The van der Waals surface area contributed by atoms with E-state index in [2.05, 4.69) is 27.1 Å². The fourth-order valence-corrected chi connectivity index (χ4v) is 1.45. The number of nitrogens with zero attached hydrogens (tertiary/aromatic N) is 3. The zero-order valence-corrected chi connectivity index (χ0v) is 10.9. The van der Waals surface area contributed by atoms with E-state index in [1.54, 1.807) is 7.11 Å². The number of hydrogen-bond donors (Lipinski definition) is 1. The average molecular weight is 238 g/mol. The van der Waals surface area contributed by atoms with E-state index in [-0.39, 0.29) is 0 Å². The van der Waals surface area contributed by atoms with Crippen LogP contribution in [0.15, 0.2) is 12.4 Å². The third-order valence-electron chi connectivity index (χ3n) is 2.48. The molecule has 1 N–H and O–H groups in total. The molecule has 17 heavy (non-hydrogen) atoms. The minimum Gasteiger partial charge on any atom is -0.385 e. The molecule has 0 aliphatic heterocycles. The summed E-state index contributed by atoms with van der Waals surface area (Å²) in [5.74, 6) is 0.904. The van der Waals surface area contributed by atoms with Gasteiger partial charge in [0.25, 0.3) is 0 Å². The molecule has 1 heterocycles. The normalized spacial score (nSPS) is 10.5. The number of methoxy groups -OCH3 is 1. The number of rotatable bonds is 8. The molecule has 0 aromatic carbocycles. The van der Waals surface area contributed by atoms with E-state index in [0.29, 0.717) is 0 Å². The van der Waals surface area contributed by atoms with E-state index in [9.17, 15) is 0 Å². The Bertz CT molecular complexity index is 302. The fourth-order valence-electron chi connectivity index (χ4n) is 1.45. The summed E-state index contributed by atoms with van der Waals surface area (Å²) in [4.78, 5) is 10.8.